The number of rotatable bonds is 2. The molecule has 1 amide bonds. The summed E-state index contributed by atoms with van der Waals surface area (Å²) >= 11 is 4.93. The second-order valence-corrected chi connectivity index (χ2v) is 4.78. The van der Waals surface area contributed by atoms with E-state index in [1.54, 1.807) is 13.2 Å². The van der Waals surface area contributed by atoms with E-state index in [0.717, 1.165) is 16.3 Å². The fourth-order valence-corrected chi connectivity index (χ4v) is 2.43. The van der Waals surface area contributed by atoms with Gasteiger partial charge >= 0.3 is 0 Å². The van der Waals surface area contributed by atoms with E-state index in [-0.39, 0.29) is 5.91 Å². The van der Waals surface area contributed by atoms with Crippen LogP contribution >= 0.6 is 12.2 Å². The predicted octanol–water partition coefficient (Wildman–Crippen LogP) is 2.19. The molecule has 0 saturated carbocycles. The first kappa shape index (κ1) is 12.6. The summed E-state index contributed by atoms with van der Waals surface area (Å²) < 4.78 is 5.39. The van der Waals surface area contributed by atoms with E-state index in [1.807, 2.05) is 36.4 Å². The molecule has 0 spiro atoms. The molecule has 2 aromatic carbocycles. The number of methoxy groups -OCH3 is 1. The van der Waals surface area contributed by atoms with Gasteiger partial charge in [0.25, 0.3) is 5.91 Å². The van der Waals surface area contributed by atoms with Crippen molar-refractivity contribution in [1.29, 1.82) is 0 Å². The molecular weight excluding hydrogens is 272 g/mol. The quantitative estimate of drug-likeness (QED) is 0.655. The van der Waals surface area contributed by atoms with Crippen LogP contribution < -0.4 is 15.4 Å². The van der Waals surface area contributed by atoms with Gasteiger partial charge in [-0.1, -0.05) is 30.3 Å². The van der Waals surface area contributed by atoms with E-state index >= 15 is 0 Å². The molecule has 0 atom stereocenters. The number of carbonyl (C=O) groups excluding carboxylic acids is 1. The van der Waals surface area contributed by atoms with Gasteiger partial charge in [0.1, 0.15) is 11.4 Å². The maximum Gasteiger partial charge on any atom is 0.273 e. The summed E-state index contributed by atoms with van der Waals surface area (Å²) in [6.45, 7) is 0. The van der Waals surface area contributed by atoms with Crippen LogP contribution in [0.3, 0.4) is 0 Å². The van der Waals surface area contributed by atoms with Crippen molar-refractivity contribution in [3.8, 4) is 5.75 Å². The Morgan fingerprint density at radius 2 is 1.95 bits per heavy atom. The van der Waals surface area contributed by atoms with Gasteiger partial charge in [-0.05, 0) is 35.1 Å². The van der Waals surface area contributed by atoms with Crippen molar-refractivity contribution in [2.75, 3.05) is 7.11 Å². The minimum atomic E-state index is -0.231. The van der Waals surface area contributed by atoms with E-state index in [9.17, 15) is 4.79 Å². The SMILES string of the molecule is COc1ccc2ccccc2c1C=C1NC(=S)NC1=O. The summed E-state index contributed by atoms with van der Waals surface area (Å²) in [6.07, 6.45) is 1.76. The summed E-state index contributed by atoms with van der Waals surface area (Å²) in [5.41, 5.74) is 1.28. The number of fused-ring (bicyclic) bond motifs is 1. The van der Waals surface area contributed by atoms with Crippen LogP contribution in [0.25, 0.3) is 16.8 Å². The van der Waals surface area contributed by atoms with Gasteiger partial charge < -0.3 is 10.1 Å². The Kier molecular flexibility index (Phi) is 3.12. The van der Waals surface area contributed by atoms with Crippen LogP contribution in [0.2, 0.25) is 0 Å². The standard InChI is InChI=1S/C15H12N2O2S/c1-19-13-7-6-9-4-2-3-5-10(9)11(13)8-12-14(18)17-15(20)16-12/h2-8H,1H3,(H2,16,17,18,20). The van der Waals surface area contributed by atoms with Crippen LogP contribution in [-0.2, 0) is 4.79 Å². The van der Waals surface area contributed by atoms with Crippen molar-refractivity contribution >= 4 is 40.1 Å². The van der Waals surface area contributed by atoms with E-state index in [1.165, 1.54) is 0 Å². The normalized spacial score (nSPS) is 16.4. The Morgan fingerprint density at radius 1 is 1.15 bits per heavy atom. The Balaban J connectivity index is 2.21. The fraction of sp³-hybridized carbons (Fsp3) is 0.0667. The molecule has 2 aromatic rings. The van der Waals surface area contributed by atoms with Crippen molar-refractivity contribution < 1.29 is 9.53 Å². The van der Waals surface area contributed by atoms with Crippen molar-refractivity contribution in [3.05, 3.63) is 47.7 Å². The lowest BCUT2D eigenvalue weighted by Gasteiger charge is -2.09. The first-order valence-corrected chi connectivity index (χ1v) is 6.49. The van der Waals surface area contributed by atoms with Gasteiger partial charge in [-0.2, -0.15) is 0 Å². The number of amides is 1. The third-order valence-electron chi connectivity index (χ3n) is 3.16. The molecular formula is C15H12N2O2S. The molecule has 1 aliphatic rings. The highest BCUT2D eigenvalue weighted by molar-refractivity contribution is 7.80. The molecule has 4 nitrogen and oxygen atoms in total. The lowest BCUT2D eigenvalue weighted by molar-refractivity contribution is -0.115. The molecule has 0 radical (unpaired) electrons. The Labute approximate surface area is 121 Å². The van der Waals surface area contributed by atoms with Crippen LogP contribution in [0.1, 0.15) is 5.56 Å². The summed E-state index contributed by atoms with van der Waals surface area (Å²) in [5, 5.41) is 7.81. The average molecular weight is 284 g/mol. The molecule has 5 heteroatoms. The summed E-state index contributed by atoms with van der Waals surface area (Å²) in [7, 11) is 1.61. The first-order valence-electron chi connectivity index (χ1n) is 6.09. The number of hydrogen-bond donors (Lipinski definition) is 2. The second-order valence-electron chi connectivity index (χ2n) is 4.37. The molecule has 2 N–H and O–H groups in total. The van der Waals surface area contributed by atoms with Crippen LogP contribution in [0.4, 0.5) is 0 Å². The van der Waals surface area contributed by atoms with E-state index in [4.69, 9.17) is 17.0 Å². The lowest BCUT2D eigenvalue weighted by Crippen LogP contribution is -2.21. The van der Waals surface area contributed by atoms with Crippen molar-refractivity contribution in [3.63, 3.8) is 0 Å². The number of thiocarbonyl (C=S) groups is 1. The van der Waals surface area contributed by atoms with Crippen molar-refractivity contribution in [2.45, 2.75) is 0 Å². The number of benzene rings is 2. The molecule has 1 fully saturated rings. The van der Waals surface area contributed by atoms with E-state index < -0.39 is 0 Å². The number of nitrogens with one attached hydrogen (secondary N) is 2. The predicted molar refractivity (Wildman–Crippen MR) is 82.4 cm³/mol. The summed E-state index contributed by atoms with van der Waals surface area (Å²) in [4.78, 5) is 11.8. The van der Waals surface area contributed by atoms with Crippen LogP contribution in [0.15, 0.2) is 42.1 Å². The maximum absolute atomic E-state index is 11.8. The molecule has 1 aliphatic heterocycles. The molecule has 3 rings (SSSR count). The van der Waals surface area contributed by atoms with E-state index in [0.29, 0.717) is 16.6 Å². The fourth-order valence-electron chi connectivity index (χ4n) is 2.23. The number of carbonyl (C=O) groups is 1. The van der Waals surface area contributed by atoms with Gasteiger partial charge in [-0.25, -0.2) is 0 Å². The maximum atomic E-state index is 11.8. The molecule has 1 saturated heterocycles. The molecule has 20 heavy (non-hydrogen) atoms. The minimum absolute atomic E-state index is 0.231. The topological polar surface area (TPSA) is 50.4 Å². The molecule has 0 aromatic heterocycles. The average Bonchev–Trinajstić information content (AvgIpc) is 2.77. The monoisotopic (exact) mass is 284 g/mol. The highest BCUT2D eigenvalue weighted by Crippen LogP contribution is 2.30. The molecule has 1 heterocycles. The first-order chi connectivity index (χ1) is 9.69. The van der Waals surface area contributed by atoms with E-state index in [2.05, 4.69) is 10.6 Å². The highest BCUT2D eigenvalue weighted by atomic mass is 32.1. The largest absolute Gasteiger partial charge is 0.496 e. The highest BCUT2D eigenvalue weighted by Gasteiger charge is 2.21. The smallest absolute Gasteiger partial charge is 0.273 e. The zero-order valence-electron chi connectivity index (χ0n) is 10.8. The van der Waals surface area contributed by atoms with Gasteiger partial charge in [0, 0.05) is 5.56 Å². The number of ether oxygens (including phenoxy) is 1. The zero-order chi connectivity index (χ0) is 14.1. The molecule has 0 unspecified atom stereocenters. The summed E-state index contributed by atoms with van der Waals surface area (Å²) in [6, 6.07) is 11.8. The third kappa shape index (κ3) is 2.12. The van der Waals surface area contributed by atoms with Crippen LogP contribution in [0.5, 0.6) is 5.75 Å². The lowest BCUT2D eigenvalue weighted by atomic mass is 10.0. The Hall–Kier alpha value is -2.40. The van der Waals surface area contributed by atoms with Crippen molar-refractivity contribution in [1.82, 2.24) is 10.6 Å². The van der Waals surface area contributed by atoms with Gasteiger partial charge in [-0.15, -0.1) is 0 Å². The van der Waals surface area contributed by atoms with Gasteiger partial charge in [-0.3, -0.25) is 10.1 Å². The van der Waals surface area contributed by atoms with Crippen LogP contribution in [0, 0.1) is 0 Å². The number of hydrogen-bond acceptors (Lipinski definition) is 3. The summed E-state index contributed by atoms with van der Waals surface area (Å²) in [5.74, 6) is 0.480. The second kappa shape index (κ2) is 4.94. The van der Waals surface area contributed by atoms with Crippen LogP contribution in [-0.4, -0.2) is 18.1 Å². The zero-order valence-corrected chi connectivity index (χ0v) is 11.6. The Morgan fingerprint density at radius 3 is 2.65 bits per heavy atom. The molecule has 0 bridgehead atoms. The minimum Gasteiger partial charge on any atom is -0.496 e. The van der Waals surface area contributed by atoms with Crippen molar-refractivity contribution in [2.24, 2.45) is 0 Å². The Bertz CT molecular complexity index is 753. The van der Waals surface area contributed by atoms with Gasteiger partial charge in [0.05, 0.1) is 7.11 Å². The van der Waals surface area contributed by atoms with Gasteiger partial charge in [0.15, 0.2) is 5.11 Å². The third-order valence-corrected chi connectivity index (χ3v) is 3.36. The molecule has 0 aliphatic carbocycles. The molecule has 100 valence electrons. The van der Waals surface area contributed by atoms with Gasteiger partial charge in [0.2, 0.25) is 0 Å².